The molecular formula is C24H18N4O6S. The third-order valence-corrected chi connectivity index (χ3v) is 6.39. The van der Waals surface area contributed by atoms with Gasteiger partial charge in [-0.15, -0.1) is 0 Å². The number of amides is 2. The van der Waals surface area contributed by atoms with Crippen molar-refractivity contribution in [1.82, 2.24) is 15.5 Å². The van der Waals surface area contributed by atoms with Crippen LogP contribution in [0.3, 0.4) is 0 Å². The van der Waals surface area contributed by atoms with E-state index < -0.39 is 18.0 Å². The monoisotopic (exact) mass is 490 g/mol. The Kier molecular flexibility index (Phi) is 5.98. The summed E-state index contributed by atoms with van der Waals surface area (Å²) in [5.74, 6) is -1.56. The molecular weight excluding hydrogens is 472 g/mol. The number of benzene rings is 2. The summed E-state index contributed by atoms with van der Waals surface area (Å²) < 4.78 is 10.3. The van der Waals surface area contributed by atoms with Gasteiger partial charge in [0.15, 0.2) is 16.6 Å². The van der Waals surface area contributed by atoms with Gasteiger partial charge in [-0.05, 0) is 22.3 Å². The highest BCUT2D eigenvalue weighted by Crippen LogP contribution is 2.44. The molecule has 176 valence electrons. The van der Waals surface area contributed by atoms with Crippen molar-refractivity contribution < 1.29 is 28.8 Å². The number of hydrogen-bond acceptors (Lipinski definition) is 8. The zero-order valence-electron chi connectivity index (χ0n) is 18.1. The number of aromatic carboxylic acids is 1. The summed E-state index contributed by atoms with van der Waals surface area (Å²) in [6.45, 7) is 0.111. The van der Waals surface area contributed by atoms with Crippen molar-refractivity contribution in [3.8, 4) is 11.1 Å². The zero-order chi connectivity index (χ0) is 24.4. The van der Waals surface area contributed by atoms with E-state index in [0.29, 0.717) is 0 Å². The highest BCUT2D eigenvalue weighted by molar-refractivity contribution is 7.17. The van der Waals surface area contributed by atoms with Crippen molar-refractivity contribution >= 4 is 34.4 Å². The second-order valence-electron chi connectivity index (χ2n) is 7.65. The number of fused-ring (bicyclic) bond motifs is 3. The molecule has 2 aromatic heterocycles. The SMILES string of the molecule is O=C(Nc1ncc(C(=O)NCc2cc(C(=O)O)no2)s1)OCC1c2ccccc2-c2ccccc21. The predicted octanol–water partition coefficient (Wildman–Crippen LogP) is 4.12. The molecule has 11 heteroatoms. The van der Waals surface area contributed by atoms with E-state index in [1.54, 1.807) is 0 Å². The predicted molar refractivity (Wildman–Crippen MR) is 125 cm³/mol. The Morgan fingerprint density at radius 1 is 1.06 bits per heavy atom. The third-order valence-electron chi connectivity index (χ3n) is 5.48. The maximum Gasteiger partial charge on any atom is 0.413 e. The molecule has 0 fully saturated rings. The van der Waals surface area contributed by atoms with Crippen LogP contribution in [0.4, 0.5) is 9.93 Å². The van der Waals surface area contributed by atoms with Crippen LogP contribution in [0.1, 0.15) is 43.0 Å². The molecule has 0 saturated heterocycles. The Morgan fingerprint density at radius 2 is 1.74 bits per heavy atom. The van der Waals surface area contributed by atoms with Gasteiger partial charge in [-0.2, -0.15) is 0 Å². The van der Waals surface area contributed by atoms with Crippen LogP contribution in [0.25, 0.3) is 11.1 Å². The second kappa shape index (κ2) is 9.39. The number of anilines is 1. The standard InChI is InChI=1S/C24H18N4O6S/c29-21(25-10-13-9-19(22(30)31)28-34-13)20-11-26-23(35-20)27-24(32)33-12-18-16-7-3-1-5-14(16)15-6-2-4-8-17(15)18/h1-9,11,18H,10,12H2,(H,25,29)(H,30,31)(H,26,27,32). The van der Waals surface area contributed by atoms with Crippen LogP contribution in [0, 0.1) is 0 Å². The van der Waals surface area contributed by atoms with Gasteiger partial charge in [-0.25, -0.2) is 14.6 Å². The van der Waals surface area contributed by atoms with Crippen LogP contribution in [0.2, 0.25) is 0 Å². The number of hydrogen-bond donors (Lipinski definition) is 3. The molecule has 0 aliphatic heterocycles. The summed E-state index contributed by atoms with van der Waals surface area (Å²) in [6.07, 6.45) is 0.651. The first kappa shape index (κ1) is 22.3. The summed E-state index contributed by atoms with van der Waals surface area (Å²) in [7, 11) is 0. The van der Waals surface area contributed by atoms with E-state index in [1.165, 1.54) is 12.3 Å². The number of nitrogens with one attached hydrogen (secondary N) is 2. The number of carbonyl (C=O) groups is 3. The van der Waals surface area contributed by atoms with Crippen molar-refractivity contribution in [2.24, 2.45) is 0 Å². The highest BCUT2D eigenvalue weighted by atomic mass is 32.1. The van der Waals surface area contributed by atoms with Crippen LogP contribution in [-0.2, 0) is 11.3 Å². The molecule has 0 spiro atoms. The third kappa shape index (κ3) is 4.62. The van der Waals surface area contributed by atoms with E-state index >= 15 is 0 Å². The molecule has 1 aliphatic carbocycles. The fourth-order valence-corrected chi connectivity index (χ4v) is 4.63. The molecule has 5 rings (SSSR count). The molecule has 35 heavy (non-hydrogen) atoms. The first-order valence-corrected chi connectivity index (χ1v) is 11.4. The van der Waals surface area contributed by atoms with Crippen molar-refractivity contribution in [3.63, 3.8) is 0 Å². The van der Waals surface area contributed by atoms with E-state index in [0.717, 1.165) is 33.6 Å². The number of carboxylic acid groups (broad SMARTS) is 1. The lowest BCUT2D eigenvalue weighted by Gasteiger charge is -2.14. The molecule has 2 amide bonds. The number of ether oxygens (including phenoxy) is 1. The van der Waals surface area contributed by atoms with Gasteiger partial charge in [0.25, 0.3) is 5.91 Å². The Morgan fingerprint density at radius 3 is 2.40 bits per heavy atom. The van der Waals surface area contributed by atoms with Crippen LogP contribution in [-0.4, -0.2) is 39.8 Å². The van der Waals surface area contributed by atoms with Gasteiger partial charge >= 0.3 is 12.1 Å². The molecule has 0 bridgehead atoms. The van der Waals surface area contributed by atoms with Crippen LogP contribution in [0.15, 0.2) is 65.3 Å². The lowest BCUT2D eigenvalue weighted by Crippen LogP contribution is -2.21. The van der Waals surface area contributed by atoms with E-state index in [2.05, 4.69) is 32.9 Å². The van der Waals surface area contributed by atoms with Crippen LogP contribution in [0.5, 0.6) is 0 Å². The Hall–Kier alpha value is -4.51. The first-order valence-electron chi connectivity index (χ1n) is 10.5. The zero-order valence-corrected chi connectivity index (χ0v) is 18.9. The number of carboxylic acids is 1. The lowest BCUT2D eigenvalue weighted by molar-refractivity contribution is 0.0685. The fraction of sp³-hybridized carbons (Fsp3) is 0.125. The Balaban J connectivity index is 1.16. The number of carbonyl (C=O) groups excluding carboxylic acids is 2. The maximum absolute atomic E-state index is 12.4. The van der Waals surface area contributed by atoms with Crippen molar-refractivity contribution in [2.45, 2.75) is 12.5 Å². The van der Waals surface area contributed by atoms with Crippen molar-refractivity contribution in [3.05, 3.63) is 88.3 Å². The summed E-state index contributed by atoms with van der Waals surface area (Å²) in [5.41, 5.74) is 4.24. The van der Waals surface area contributed by atoms with Crippen LogP contribution < -0.4 is 10.6 Å². The number of rotatable bonds is 7. The quantitative estimate of drug-likeness (QED) is 0.351. The van der Waals surface area contributed by atoms with Crippen LogP contribution >= 0.6 is 11.3 Å². The minimum absolute atomic E-state index is 0.0495. The normalized spacial score (nSPS) is 12.0. The van der Waals surface area contributed by atoms with Crippen molar-refractivity contribution in [2.75, 3.05) is 11.9 Å². The van der Waals surface area contributed by atoms with Crippen molar-refractivity contribution in [1.29, 1.82) is 0 Å². The van der Waals surface area contributed by atoms with Gasteiger partial charge in [0.05, 0.1) is 12.7 Å². The summed E-state index contributed by atoms with van der Waals surface area (Å²) >= 11 is 0.974. The van der Waals surface area contributed by atoms with Gasteiger partial charge in [0, 0.05) is 12.0 Å². The van der Waals surface area contributed by atoms with Gasteiger partial charge < -0.3 is 19.7 Å². The molecule has 2 heterocycles. The highest BCUT2D eigenvalue weighted by Gasteiger charge is 2.29. The number of aromatic nitrogens is 2. The molecule has 1 aliphatic rings. The molecule has 0 radical (unpaired) electrons. The topological polar surface area (TPSA) is 144 Å². The maximum atomic E-state index is 12.4. The Labute approximate surface area is 202 Å². The lowest BCUT2D eigenvalue weighted by atomic mass is 9.98. The van der Waals surface area contributed by atoms with E-state index in [4.69, 9.17) is 14.4 Å². The Bertz CT molecular complexity index is 1380. The molecule has 10 nitrogen and oxygen atoms in total. The molecule has 4 aromatic rings. The minimum atomic E-state index is -1.22. The number of thiazole rings is 1. The molecule has 2 aromatic carbocycles. The average Bonchev–Trinajstić information content (AvgIpc) is 3.59. The first-order chi connectivity index (χ1) is 17.0. The summed E-state index contributed by atoms with van der Waals surface area (Å²) in [4.78, 5) is 39.9. The molecule has 0 unspecified atom stereocenters. The molecule has 0 saturated carbocycles. The van der Waals surface area contributed by atoms with E-state index in [9.17, 15) is 14.4 Å². The van der Waals surface area contributed by atoms with E-state index in [1.807, 2.05) is 36.4 Å². The fourth-order valence-electron chi connectivity index (χ4n) is 3.91. The average molecular weight is 490 g/mol. The minimum Gasteiger partial charge on any atom is -0.476 e. The molecule has 3 N–H and O–H groups in total. The van der Waals surface area contributed by atoms with E-state index in [-0.39, 0.29) is 40.5 Å². The summed E-state index contributed by atoms with van der Waals surface area (Å²) in [6, 6.07) is 17.3. The summed E-state index contributed by atoms with van der Waals surface area (Å²) in [5, 5.41) is 17.6. The largest absolute Gasteiger partial charge is 0.476 e. The number of nitrogens with zero attached hydrogens (tertiary/aromatic N) is 2. The van der Waals surface area contributed by atoms with Gasteiger partial charge in [0.2, 0.25) is 0 Å². The second-order valence-corrected chi connectivity index (χ2v) is 8.68. The van der Waals surface area contributed by atoms with Gasteiger partial charge in [-0.3, -0.25) is 10.1 Å². The van der Waals surface area contributed by atoms with Gasteiger partial charge in [-0.1, -0.05) is 65.0 Å². The van der Waals surface area contributed by atoms with Gasteiger partial charge in [0.1, 0.15) is 11.5 Å². The molecule has 0 atom stereocenters. The smallest absolute Gasteiger partial charge is 0.413 e.